The largest absolute Gasteiger partial charge is 0.356 e. The van der Waals surface area contributed by atoms with Crippen molar-refractivity contribution in [3.05, 3.63) is 40.3 Å². The van der Waals surface area contributed by atoms with E-state index < -0.39 is 0 Å². The molecule has 1 N–H and O–H groups in total. The number of nitrogens with zero attached hydrogens (tertiary/aromatic N) is 3. The number of rotatable bonds is 6. The molecular weight excluding hydrogens is 232 g/mol. The van der Waals surface area contributed by atoms with Crippen LogP contribution in [0.3, 0.4) is 0 Å². The van der Waals surface area contributed by atoms with Crippen LogP contribution in [0, 0.1) is 0 Å². The number of hydrogen-bond donors (Lipinski definition) is 1. The highest BCUT2D eigenvalue weighted by atomic mass is 16.1. The first-order valence-corrected chi connectivity index (χ1v) is 5.56. The average Bonchev–Trinajstić information content (AvgIpc) is 2.35. The molecule has 0 radical (unpaired) electrons. The quantitative estimate of drug-likeness (QED) is 0.274. The number of carbonyl (C=O) groups excluding carboxylic acids is 2. The van der Waals surface area contributed by atoms with Crippen LogP contribution in [0.1, 0.15) is 30.1 Å². The predicted molar refractivity (Wildman–Crippen MR) is 67.5 cm³/mol. The maximum absolute atomic E-state index is 11.7. The minimum Gasteiger partial charge on any atom is -0.356 e. The molecule has 1 aromatic rings. The second-order valence-electron chi connectivity index (χ2n) is 3.75. The molecule has 0 saturated carbocycles. The van der Waals surface area contributed by atoms with Crippen molar-refractivity contribution in [2.45, 2.75) is 19.8 Å². The van der Waals surface area contributed by atoms with E-state index in [-0.39, 0.29) is 11.7 Å². The summed E-state index contributed by atoms with van der Waals surface area (Å²) in [5.74, 6) is -0.0889. The van der Waals surface area contributed by atoms with Crippen LogP contribution in [0.2, 0.25) is 0 Å². The van der Waals surface area contributed by atoms with E-state index in [1.165, 1.54) is 6.92 Å². The van der Waals surface area contributed by atoms with E-state index in [0.29, 0.717) is 30.6 Å². The predicted octanol–water partition coefficient (Wildman–Crippen LogP) is 2.73. The van der Waals surface area contributed by atoms with Crippen molar-refractivity contribution in [3.63, 3.8) is 0 Å². The number of nitrogens with one attached hydrogen (secondary N) is 1. The summed E-state index contributed by atoms with van der Waals surface area (Å²) >= 11 is 0. The molecule has 0 atom stereocenters. The highest BCUT2D eigenvalue weighted by molar-refractivity contribution is 5.96. The minimum atomic E-state index is -0.0961. The molecule has 0 saturated heterocycles. The third-order valence-electron chi connectivity index (χ3n) is 2.30. The van der Waals surface area contributed by atoms with Gasteiger partial charge in [-0.15, -0.1) is 0 Å². The van der Waals surface area contributed by atoms with Crippen LogP contribution < -0.4 is 5.32 Å². The highest BCUT2D eigenvalue weighted by Crippen LogP contribution is 2.14. The zero-order valence-electron chi connectivity index (χ0n) is 10.1. The molecule has 1 aromatic carbocycles. The Kier molecular flexibility index (Phi) is 5.41. The van der Waals surface area contributed by atoms with E-state index in [0.717, 1.165) is 0 Å². The Morgan fingerprint density at radius 2 is 2.00 bits per heavy atom. The van der Waals surface area contributed by atoms with E-state index in [2.05, 4.69) is 15.3 Å². The SMILES string of the molecule is CC(=O)NCCCC(=O)c1ccc(N=[N+]=[N-])cc1. The van der Waals surface area contributed by atoms with Gasteiger partial charge in [0.1, 0.15) is 0 Å². The molecule has 0 bridgehead atoms. The van der Waals surface area contributed by atoms with E-state index in [1.54, 1.807) is 24.3 Å². The molecule has 6 heteroatoms. The van der Waals surface area contributed by atoms with Crippen molar-refractivity contribution in [1.29, 1.82) is 0 Å². The number of benzene rings is 1. The summed E-state index contributed by atoms with van der Waals surface area (Å²) in [6.45, 7) is 1.94. The lowest BCUT2D eigenvalue weighted by atomic mass is 10.1. The number of hydrogen-bond acceptors (Lipinski definition) is 3. The van der Waals surface area contributed by atoms with Gasteiger partial charge in [0.25, 0.3) is 0 Å². The molecule has 6 nitrogen and oxygen atoms in total. The lowest BCUT2D eigenvalue weighted by molar-refractivity contribution is -0.118. The van der Waals surface area contributed by atoms with E-state index in [4.69, 9.17) is 5.53 Å². The van der Waals surface area contributed by atoms with Gasteiger partial charge in [0.2, 0.25) is 5.91 Å². The Hall–Kier alpha value is -2.33. The lowest BCUT2D eigenvalue weighted by Crippen LogP contribution is -2.21. The molecule has 94 valence electrons. The van der Waals surface area contributed by atoms with Gasteiger partial charge >= 0.3 is 0 Å². The summed E-state index contributed by atoms with van der Waals surface area (Å²) < 4.78 is 0. The smallest absolute Gasteiger partial charge is 0.216 e. The number of azide groups is 1. The molecule has 0 aliphatic rings. The van der Waals surface area contributed by atoms with Crippen LogP contribution in [0.15, 0.2) is 29.4 Å². The average molecular weight is 246 g/mol. The van der Waals surface area contributed by atoms with Gasteiger partial charge in [0.15, 0.2) is 5.78 Å². The number of ketones is 1. The van der Waals surface area contributed by atoms with Crippen molar-refractivity contribution in [1.82, 2.24) is 5.32 Å². The zero-order valence-corrected chi connectivity index (χ0v) is 10.1. The molecule has 0 heterocycles. The maximum atomic E-state index is 11.7. The Labute approximate surface area is 105 Å². The van der Waals surface area contributed by atoms with Gasteiger partial charge in [-0.3, -0.25) is 9.59 Å². The summed E-state index contributed by atoms with van der Waals surface area (Å²) in [6.07, 6.45) is 0.984. The van der Waals surface area contributed by atoms with Crippen molar-refractivity contribution >= 4 is 17.4 Å². The van der Waals surface area contributed by atoms with E-state index >= 15 is 0 Å². The normalized spacial score (nSPS) is 9.39. The molecular formula is C12H14N4O2. The van der Waals surface area contributed by atoms with E-state index in [9.17, 15) is 9.59 Å². The maximum Gasteiger partial charge on any atom is 0.216 e. The first kappa shape index (κ1) is 13.7. The van der Waals surface area contributed by atoms with Crippen molar-refractivity contribution in [3.8, 4) is 0 Å². The fourth-order valence-corrected chi connectivity index (χ4v) is 1.42. The van der Waals surface area contributed by atoms with Crippen molar-refractivity contribution in [2.24, 2.45) is 5.11 Å². The summed E-state index contributed by atoms with van der Waals surface area (Å²) in [7, 11) is 0. The molecule has 0 aromatic heterocycles. The molecule has 1 amide bonds. The lowest BCUT2D eigenvalue weighted by Gasteiger charge is -2.02. The first-order chi connectivity index (χ1) is 8.63. The van der Waals surface area contributed by atoms with Gasteiger partial charge in [0, 0.05) is 36.1 Å². The Morgan fingerprint density at radius 3 is 2.56 bits per heavy atom. The second kappa shape index (κ2) is 7.09. The van der Waals surface area contributed by atoms with Gasteiger partial charge in [0.05, 0.1) is 0 Å². The topological polar surface area (TPSA) is 94.9 Å². The van der Waals surface area contributed by atoms with Gasteiger partial charge in [-0.05, 0) is 12.0 Å². The highest BCUT2D eigenvalue weighted by Gasteiger charge is 2.05. The van der Waals surface area contributed by atoms with Crippen LogP contribution in [0.5, 0.6) is 0 Å². The molecule has 18 heavy (non-hydrogen) atoms. The number of amides is 1. The van der Waals surface area contributed by atoms with Crippen LogP contribution >= 0.6 is 0 Å². The molecule has 0 aliphatic heterocycles. The van der Waals surface area contributed by atoms with Gasteiger partial charge < -0.3 is 5.32 Å². The van der Waals surface area contributed by atoms with E-state index in [1.807, 2.05) is 0 Å². The van der Waals surface area contributed by atoms with Gasteiger partial charge in [-0.1, -0.05) is 29.4 Å². The molecule has 0 unspecified atom stereocenters. The van der Waals surface area contributed by atoms with Crippen LogP contribution in [0.4, 0.5) is 5.69 Å². The Bertz CT molecular complexity index is 475. The summed E-state index contributed by atoms with van der Waals surface area (Å²) in [6, 6.07) is 6.46. The Balaban J connectivity index is 2.46. The van der Waals surface area contributed by atoms with Crippen LogP contribution in [-0.2, 0) is 4.79 Å². The monoisotopic (exact) mass is 246 g/mol. The zero-order chi connectivity index (χ0) is 13.4. The fourth-order valence-electron chi connectivity index (χ4n) is 1.42. The van der Waals surface area contributed by atoms with Gasteiger partial charge in [-0.25, -0.2) is 0 Å². The molecule has 0 spiro atoms. The molecule has 1 rings (SSSR count). The minimum absolute atomic E-state index is 0.00726. The number of carbonyl (C=O) groups is 2. The second-order valence-corrected chi connectivity index (χ2v) is 3.75. The summed E-state index contributed by atoms with van der Waals surface area (Å²) in [5.41, 5.74) is 9.30. The first-order valence-electron chi connectivity index (χ1n) is 5.56. The van der Waals surface area contributed by atoms with Crippen LogP contribution in [0.25, 0.3) is 10.4 Å². The summed E-state index contributed by atoms with van der Waals surface area (Å²) in [5, 5.41) is 6.06. The Morgan fingerprint density at radius 1 is 1.33 bits per heavy atom. The van der Waals surface area contributed by atoms with Crippen molar-refractivity contribution in [2.75, 3.05) is 6.54 Å². The molecule has 0 aliphatic carbocycles. The third-order valence-corrected chi connectivity index (χ3v) is 2.30. The summed E-state index contributed by atoms with van der Waals surface area (Å²) in [4.78, 5) is 25.0. The third kappa shape index (κ3) is 4.67. The van der Waals surface area contributed by atoms with Gasteiger partial charge in [-0.2, -0.15) is 0 Å². The standard InChI is InChI=1S/C12H14N4O2/c1-9(17)14-8-2-3-12(18)10-4-6-11(7-5-10)15-16-13/h4-7H,2-3,8H2,1H3,(H,14,17). The number of Topliss-reactive ketones (excluding diaryl/α,β-unsaturated/α-hetero) is 1. The molecule has 0 fully saturated rings. The van der Waals surface area contributed by atoms with Crippen molar-refractivity contribution < 1.29 is 9.59 Å². The van der Waals surface area contributed by atoms with Crippen LogP contribution in [-0.4, -0.2) is 18.2 Å². The fraction of sp³-hybridized carbons (Fsp3) is 0.333.